The molecule has 0 aromatic heterocycles. The minimum atomic E-state index is -2.72. The Morgan fingerprint density at radius 3 is 0.750 bits per heavy atom. The second-order valence-electron chi connectivity index (χ2n) is 18.9. The summed E-state index contributed by atoms with van der Waals surface area (Å²) in [5.74, 6) is 0. The van der Waals surface area contributed by atoms with Gasteiger partial charge in [0.2, 0.25) is 13.4 Å². The molecule has 2 aliphatic rings. The Balaban J connectivity index is 1.02. The minimum Gasteiger partial charge on any atom is -0.0683 e. The molecule has 0 saturated heterocycles. The first-order valence-corrected chi connectivity index (χ1v) is 28.1. The Bertz CT molecular complexity index is 3440. The van der Waals surface area contributed by atoms with Crippen LogP contribution in [-0.2, 0) is 0 Å². The molecule has 0 spiro atoms. The van der Waals surface area contributed by atoms with Gasteiger partial charge < -0.3 is 0 Å². The van der Waals surface area contributed by atoms with Gasteiger partial charge >= 0.3 is 0 Å². The number of fused-ring (bicyclic) bond motifs is 4. The Kier molecular flexibility index (Phi) is 8.93. The highest BCUT2D eigenvalue weighted by Crippen LogP contribution is 2.34. The first-order chi connectivity index (χ1) is 33.8. The Morgan fingerprint density at radius 2 is 0.456 bits per heavy atom. The van der Waals surface area contributed by atoms with E-state index in [1.54, 1.807) is 0 Å². The Labute approximate surface area is 400 Å². The van der Waals surface area contributed by atoms with Crippen molar-refractivity contribution in [3.05, 3.63) is 267 Å². The molecule has 2 aliphatic heterocycles. The van der Waals surface area contributed by atoms with Crippen molar-refractivity contribution >= 4 is 136 Å². The summed E-state index contributed by atoms with van der Waals surface area (Å²) in [6.45, 7) is 0.122. The lowest BCUT2D eigenvalue weighted by Gasteiger charge is -2.43. The first kappa shape index (κ1) is 39.4. The molecule has 0 unspecified atom stereocenters. The maximum atomic E-state index is 2.48. The van der Waals surface area contributed by atoms with Gasteiger partial charge in [0, 0.05) is 0 Å². The van der Waals surface area contributed by atoms with E-state index in [0.29, 0.717) is 0 Å². The molecule has 0 N–H and O–H groups in total. The normalized spacial score (nSPS) is 14.4. The molecular weight excluding hydrogens is 846 g/mol. The lowest BCUT2D eigenvalue weighted by atomic mass is 9.35. The monoisotopic (exact) mass is 890 g/mol. The van der Waals surface area contributed by atoms with E-state index in [9.17, 15) is 0 Å². The average molecular weight is 891 g/mol. The standard InChI is InChI=1S/C64H44B2Si2/c1-5-21-47(22-6-1)67(48-23-7-2-8-24-48)59-33-17-13-29-55(59)65(56-30-14-18-34-60(56)67)53-43-39-45-37-38-46-40-44-54(52-42-41-51(53)63(45)64(46)52)66-57-31-15-19-35-61(57)68(49-25-9-3-10-26-49,50-27-11-4-12-28-50)62-36-20-16-32-58(62)66/h1-44H. The summed E-state index contributed by atoms with van der Waals surface area (Å²) in [5, 5.41) is 19.6. The molecule has 14 rings (SSSR count). The van der Waals surface area contributed by atoms with Crippen LogP contribution in [0.1, 0.15) is 0 Å². The highest BCUT2D eigenvalue weighted by Gasteiger charge is 2.51. The summed E-state index contributed by atoms with van der Waals surface area (Å²) in [6, 6.07) is 103. The van der Waals surface area contributed by atoms with Crippen molar-refractivity contribution in [2.75, 3.05) is 0 Å². The zero-order chi connectivity index (χ0) is 44.8. The molecule has 0 amide bonds. The largest absolute Gasteiger partial charge is 0.241 e. The Hall–Kier alpha value is -7.76. The number of hydrogen-bond donors (Lipinski definition) is 0. The number of rotatable bonds is 6. The third-order valence-electron chi connectivity index (χ3n) is 15.9. The van der Waals surface area contributed by atoms with Gasteiger partial charge in [-0.05, 0) is 73.8 Å². The van der Waals surface area contributed by atoms with Crippen molar-refractivity contribution in [1.29, 1.82) is 0 Å². The number of benzene rings is 12. The Morgan fingerprint density at radius 1 is 0.206 bits per heavy atom. The van der Waals surface area contributed by atoms with Gasteiger partial charge in [0.05, 0.1) is 0 Å². The lowest BCUT2D eigenvalue weighted by Crippen LogP contribution is -2.86. The fourth-order valence-corrected chi connectivity index (χ4v) is 23.9. The molecule has 12 aromatic rings. The van der Waals surface area contributed by atoms with Gasteiger partial charge in [-0.2, -0.15) is 0 Å². The van der Waals surface area contributed by atoms with Crippen LogP contribution in [0, 0.1) is 0 Å². The minimum absolute atomic E-state index is 0.0608. The average Bonchev–Trinajstić information content (AvgIpc) is 3.42. The van der Waals surface area contributed by atoms with Crippen LogP contribution < -0.4 is 74.3 Å². The molecule has 0 bridgehead atoms. The second kappa shape index (κ2) is 15.4. The van der Waals surface area contributed by atoms with Crippen LogP contribution in [0.4, 0.5) is 0 Å². The van der Waals surface area contributed by atoms with E-state index in [-0.39, 0.29) is 13.4 Å². The molecule has 0 saturated carbocycles. The SMILES string of the molecule is c1ccc([Si]2(c3ccccc3)c3ccccc3B(c3ccc4ccc5ccc(B6c7ccccc7[Si](c7ccccc7)(c7ccccc7)c7ccccc76)c6ccc3c4c56)c3ccccc32)cc1. The molecule has 4 heteroatoms. The molecule has 314 valence electrons. The fraction of sp³-hybridized carbons (Fsp3) is 0. The highest BCUT2D eigenvalue weighted by molar-refractivity contribution is 7.27. The van der Waals surface area contributed by atoms with Crippen LogP contribution in [-0.4, -0.2) is 29.6 Å². The maximum Gasteiger partial charge on any atom is 0.241 e. The van der Waals surface area contributed by atoms with Crippen LogP contribution in [0.15, 0.2) is 267 Å². The predicted molar refractivity (Wildman–Crippen MR) is 300 cm³/mol. The molecule has 68 heavy (non-hydrogen) atoms. The smallest absolute Gasteiger partial charge is 0.0683 e. The van der Waals surface area contributed by atoms with E-state index >= 15 is 0 Å². The van der Waals surface area contributed by atoms with Crippen LogP contribution in [0.5, 0.6) is 0 Å². The van der Waals surface area contributed by atoms with Gasteiger partial charge in [0.1, 0.15) is 0 Å². The summed E-state index contributed by atoms with van der Waals surface area (Å²) in [6.07, 6.45) is 0. The summed E-state index contributed by atoms with van der Waals surface area (Å²) in [4.78, 5) is 0. The zero-order valence-corrected chi connectivity index (χ0v) is 39.6. The van der Waals surface area contributed by atoms with Crippen LogP contribution in [0.25, 0.3) is 32.3 Å². The molecule has 0 radical (unpaired) electrons. The summed E-state index contributed by atoms with van der Waals surface area (Å²) in [7, 11) is -5.44. The van der Waals surface area contributed by atoms with E-state index in [2.05, 4.69) is 267 Å². The van der Waals surface area contributed by atoms with Crippen LogP contribution in [0.3, 0.4) is 0 Å². The van der Waals surface area contributed by atoms with Crippen molar-refractivity contribution in [2.24, 2.45) is 0 Å². The van der Waals surface area contributed by atoms with Gasteiger partial charge in [-0.1, -0.05) is 300 Å². The third-order valence-corrected chi connectivity index (χ3v) is 25.7. The van der Waals surface area contributed by atoms with Gasteiger partial charge in [-0.3, -0.25) is 0 Å². The molecule has 12 aromatic carbocycles. The van der Waals surface area contributed by atoms with E-state index in [4.69, 9.17) is 0 Å². The van der Waals surface area contributed by atoms with Gasteiger partial charge in [-0.25, -0.2) is 0 Å². The molecule has 0 nitrogen and oxygen atoms in total. The third kappa shape index (κ3) is 5.39. The quantitative estimate of drug-likeness (QED) is 0.163. The first-order valence-electron chi connectivity index (χ1n) is 24.1. The second-order valence-corrected chi connectivity index (χ2v) is 26.4. The summed E-state index contributed by atoms with van der Waals surface area (Å²) in [5.41, 5.74) is 8.41. The highest BCUT2D eigenvalue weighted by atomic mass is 28.3. The van der Waals surface area contributed by atoms with E-state index in [0.717, 1.165) is 0 Å². The topological polar surface area (TPSA) is 0 Å². The summed E-state index contributed by atoms with van der Waals surface area (Å²) >= 11 is 0. The van der Waals surface area contributed by atoms with Crippen LogP contribution >= 0.6 is 0 Å². The van der Waals surface area contributed by atoms with Crippen molar-refractivity contribution in [1.82, 2.24) is 0 Å². The maximum absolute atomic E-state index is 2.72. The van der Waals surface area contributed by atoms with Crippen molar-refractivity contribution in [3.63, 3.8) is 0 Å². The van der Waals surface area contributed by atoms with Crippen LogP contribution in [0.2, 0.25) is 0 Å². The van der Waals surface area contributed by atoms with Gasteiger partial charge in [-0.15, -0.1) is 0 Å². The van der Waals surface area contributed by atoms with E-state index in [1.165, 1.54) is 107 Å². The predicted octanol–water partition coefficient (Wildman–Crippen LogP) is 5.00. The van der Waals surface area contributed by atoms with Crippen molar-refractivity contribution in [3.8, 4) is 0 Å². The van der Waals surface area contributed by atoms with Gasteiger partial charge in [0.15, 0.2) is 16.1 Å². The van der Waals surface area contributed by atoms with E-state index < -0.39 is 16.1 Å². The lowest BCUT2D eigenvalue weighted by molar-refractivity contribution is 1.67. The molecule has 0 aliphatic carbocycles. The van der Waals surface area contributed by atoms with Crippen molar-refractivity contribution < 1.29 is 0 Å². The summed E-state index contributed by atoms with van der Waals surface area (Å²) < 4.78 is 0. The zero-order valence-electron chi connectivity index (χ0n) is 37.6. The fourth-order valence-electron chi connectivity index (χ4n) is 13.3. The van der Waals surface area contributed by atoms with Crippen molar-refractivity contribution in [2.45, 2.75) is 0 Å². The molecule has 0 atom stereocenters. The number of hydrogen-bond acceptors (Lipinski definition) is 0. The molecule has 0 fully saturated rings. The van der Waals surface area contributed by atoms with E-state index in [1.807, 2.05) is 0 Å². The molecular formula is C64H44B2Si2. The van der Waals surface area contributed by atoms with Gasteiger partial charge in [0.25, 0.3) is 0 Å². The molecule has 2 heterocycles.